The lowest BCUT2D eigenvalue weighted by molar-refractivity contribution is 0.140. The minimum atomic E-state index is 0.173. The van der Waals surface area contributed by atoms with Gasteiger partial charge in [0.25, 0.3) is 0 Å². The summed E-state index contributed by atoms with van der Waals surface area (Å²) >= 11 is 0. The molecule has 0 fully saturated rings. The molecule has 0 saturated heterocycles. The van der Waals surface area contributed by atoms with Crippen LogP contribution >= 0.6 is 0 Å². The maximum Gasteiger partial charge on any atom is 0.0320 e. The van der Waals surface area contributed by atoms with Crippen molar-refractivity contribution in [2.24, 2.45) is 11.1 Å². The van der Waals surface area contributed by atoms with Gasteiger partial charge < -0.3 is 5.73 Å². The van der Waals surface area contributed by atoms with Gasteiger partial charge in [0.1, 0.15) is 0 Å². The number of nitrogens with zero attached hydrogens (tertiary/aromatic N) is 1. The molecule has 0 bridgehead atoms. The molecule has 0 aliphatic rings. The molecule has 1 unspecified atom stereocenters. The Morgan fingerprint density at radius 2 is 1.75 bits per heavy atom. The summed E-state index contributed by atoms with van der Waals surface area (Å²) in [5.41, 5.74) is 8.89. The summed E-state index contributed by atoms with van der Waals surface area (Å²) < 4.78 is 0. The van der Waals surface area contributed by atoms with Crippen LogP contribution in [0.25, 0.3) is 0 Å². The first-order valence-electron chi connectivity index (χ1n) is 7.96. The SMILES string of the molecule is CCCN(CC(C)(C)CN)C(C)c1ccc(CC)cc1. The minimum Gasteiger partial charge on any atom is -0.330 e. The van der Waals surface area contributed by atoms with E-state index in [2.05, 4.69) is 63.8 Å². The minimum absolute atomic E-state index is 0.173. The summed E-state index contributed by atoms with van der Waals surface area (Å²) in [6.45, 7) is 14.2. The van der Waals surface area contributed by atoms with Crippen LogP contribution in [0.2, 0.25) is 0 Å². The van der Waals surface area contributed by atoms with Crippen molar-refractivity contribution < 1.29 is 0 Å². The summed E-state index contributed by atoms with van der Waals surface area (Å²) in [5, 5.41) is 0. The van der Waals surface area contributed by atoms with Crippen LogP contribution < -0.4 is 5.73 Å². The fourth-order valence-electron chi connectivity index (χ4n) is 2.55. The highest BCUT2D eigenvalue weighted by Crippen LogP contribution is 2.25. The normalized spacial score (nSPS) is 13.8. The van der Waals surface area contributed by atoms with Crippen molar-refractivity contribution in [2.45, 2.75) is 53.5 Å². The lowest BCUT2D eigenvalue weighted by atomic mass is 9.91. The molecule has 0 aliphatic heterocycles. The Kier molecular flexibility index (Phi) is 6.70. The predicted octanol–water partition coefficient (Wildman–Crippen LogP) is 4.01. The molecule has 114 valence electrons. The maximum absolute atomic E-state index is 5.90. The largest absolute Gasteiger partial charge is 0.330 e. The van der Waals surface area contributed by atoms with E-state index in [0.29, 0.717) is 6.04 Å². The first-order chi connectivity index (χ1) is 9.43. The molecule has 1 aromatic carbocycles. The van der Waals surface area contributed by atoms with E-state index in [9.17, 15) is 0 Å². The topological polar surface area (TPSA) is 29.3 Å². The van der Waals surface area contributed by atoms with E-state index in [1.165, 1.54) is 17.5 Å². The molecule has 0 saturated carbocycles. The van der Waals surface area contributed by atoms with Gasteiger partial charge in [0.15, 0.2) is 0 Å². The fraction of sp³-hybridized carbons (Fsp3) is 0.667. The number of benzene rings is 1. The van der Waals surface area contributed by atoms with Gasteiger partial charge in [-0.25, -0.2) is 0 Å². The van der Waals surface area contributed by atoms with Gasteiger partial charge in [-0.15, -0.1) is 0 Å². The number of rotatable bonds is 8. The fourth-order valence-corrected chi connectivity index (χ4v) is 2.55. The zero-order valence-electron chi connectivity index (χ0n) is 13.9. The van der Waals surface area contributed by atoms with E-state index < -0.39 is 0 Å². The quantitative estimate of drug-likeness (QED) is 0.777. The van der Waals surface area contributed by atoms with Crippen LogP contribution in [-0.4, -0.2) is 24.5 Å². The molecule has 0 aromatic heterocycles. The van der Waals surface area contributed by atoms with Gasteiger partial charge in [-0.1, -0.05) is 52.0 Å². The summed E-state index contributed by atoms with van der Waals surface area (Å²) in [7, 11) is 0. The highest BCUT2D eigenvalue weighted by Gasteiger charge is 2.23. The van der Waals surface area contributed by atoms with Gasteiger partial charge in [0, 0.05) is 12.6 Å². The number of aryl methyl sites for hydroxylation is 1. The number of nitrogens with two attached hydrogens (primary N) is 1. The third-order valence-electron chi connectivity index (χ3n) is 4.11. The van der Waals surface area contributed by atoms with Crippen molar-refractivity contribution in [2.75, 3.05) is 19.6 Å². The lowest BCUT2D eigenvalue weighted by Gasteiger charge is -2.36. The van der Waals surface area contributed by atoms with E-state index in [0.717, 1.165) is 26.1 Å². The number of hydrogen-bond acceptors (Lipinski definition) is 2. The third kappa shape index (κ3) is 4.92. The van der Waals surface area contributed by atoms with Crippen LogP contribution in [0.4, 0.5) is 0 Å². The molecule has 0 radical (unpaired) electrons. The van der Waals surface area contributed by atoms with Gasteiger partial charge >= 0.3 is 0 Å². The third-order valence-corrected chi connectivity index (χ3v) is 4.11. The van der Waals surface area contributed by atoms with Crippen molar-refractivity contribution in [3.8, 4) is 0 Å². The van der Waals surface area contributed by atoms with Crippen molar-refractivity contribution in [1.82, 2.24) is 4.90 Å². The van der Waals surface area contributed by atoms with E-state index in [1.54, 1.807) is 0 Å². The second kappa shape index (κ2) is 7.80. The van der Waals surface area contributed by atoms with Gasteiger partial charge in [0.2, 0.25) is 0 Å². The van der Waals surface area contributed by atoms with E-state index in [4.69, 9.17) is 5.73 Å². The van der Waals surface area contributed by atoms with Crippen LogP contribution in [0.15, 0.2) is 24.3 Å². The van der Waals surface area contributed by atoms with Gasteiger partial charge in [-0.05, 0) is 49.4 Å². The Morgan fingerprint density at radius 3 is 2.20 bits per heavy atom. The van der Waals surface area contributed by atoms with Gasteiger partial charge in [0.05, 0.1) is 0 Å². The second-order valence-electron chi connectivity index (χ2n) is 6.61. The Morgan fingerprint density at radius 1 is 1.15 bits per heavy atom. The molecule has 0 aliphatic carbocycles. The highest BCUT2D eigenvalue weighted by molar-refractivity contribution is 5.24. The average Bonchev–Trinajstić information content (AvgIpc) is 2.46. The standard InChI is InChI=1S/C18H32N2/c1-6-12-20(14-18(4,5)13-19)15(3)17-10-8-16(7-2)9-11-17/h8-11,15H,6-7,12-14,19H2,1-5H3. The van der Waals surface area contributed by atoms with E-state index >= 15 is 0 Å². The van der Waals surface area contributed by atoms with Crippen molar-refractivity contribution in [1.29, 1.82) is 0 Å². The van der Waals surface area contributed by atoms with Gasteiger partial charge in [-0.3, -0.25) is 4.90 Å². The molecule has 0 amide bonds. The summed E-state index contributed by atoms with van der Waals surface area (Å²) in [5.74, 6) is 0. The second-order valence-corrected chi connectivity index (χ2v) is 6.61. The maximum atomic E-state index is 5.90. The summed E-state index contributed by atoms with van der Waals surface area (Å²) in [4.78, 5) is 2.56. The molecule has 20 heavy (non-hydrogen) atoms. The Labute approximate surface area is 125 Å². The Balaban J connectivity index is 2.83. The monoisotopic (exact) mass is 276 g/mol. The first kappa shape index (κ1) is 17.2. The van der Waals surface area contributed by atoms with Crippen LogP contribution in [0, 0.1) is 5.41 Å². The molecule has 2 heteroatoms. The Hall–Kier alpha value is -0.860. The molecule has 1 aromatic rings. The van der Waals surface area contributed by atoms with Crippen LogP contribution in [0.1, 0.15) is 58.2 Å². The van der Waals surface area contributed by atoms with E-state index in [-0.39, 0.29) is 5.41 Å². The van der Waals surface area contributed by atoms with Crippen molar-refractivity contribution in [3.63, 3.8) is 0 Å². The zero-order valence-corrected chi connectivity index (χ0v) is 13.9. The zero-order chi connectivity index (χ0) is 15.2. The van der Waals surface area contributed by atoms with E-state index in [1.807, 2.05) is 0 Å². The lowest BCUT2D eigenvalue weighted by Crippen LogP contribution is -2.40. The van der Waals surface area contributed by atoms with Crippen molar-refractivity contribution >= 4 is 0 Å². The molecule has 1 atom stereocenters. The van der Waals surface area contributed by atoms with Crippen LogP contribution in [0.3, 0.4) is 0 Å². The van der Waals surface area contributed by atoms with Crippen LogP contribution in [0.5, 0.6) is 0 Å². The molecule has 2 N–H and O–H groups in total. The first-order valence-corrected chi connectivity index (χ1v) is 7.96. The van der Waals surface area contributed by atoms with Gasteiger partial charge in [-0.2, -0.15) is 0 Å². The molecule has 1 rings (SSSR count). The molecule has 0 spiro atoms. The Bertz CT molecular complexity index is 381. The summed E-state index contributed by atoms with van der Waals surface area (Å²) in [6, 6.07) is 9.52. The number of hydrogen-bond donors (Lipinski definition) is 1. The molecular weight excluding hydrogens is 244 g/mol. The summed E-state index contributed by atoms with van der Waals surface area (Å²) in [6.07, 6.45) is 2.28. The average molecular weight is 276 g/mol. The predicted molar refractivity (Wildman–Crippen MR) is 88.9 cm³/mol. The van der Waals surface area contributed by atoms with Crippen molar-refractivity contribution in [3.05, 3.63) is 35.4 Å². The molecular formula is C18H32N2. The van der Waals surface area contributed by atoms with Crippen LogP contribution in [-0.2, 0) is 6.42 Å². The molecule has 0 heterocycles. The molecule has 2 nitrogen and oxygen atoms in total. The highest BCUT2D eigenvalue weighted by atomic mass is 15.2. The smallest absolute Gasteiger partial charge is 0.0320 e.